The Labute approximate surface area is 144 Å². The van der Waals surface area contributed by atoms with E-state index in [4.69, 9.17) is 0 Å². The molecule has 0 bridgehead atoms. The molecule has 128 valence electrons. The van der Waals surface area contributed by atoms with Crippen molar-refractivity contribution in [1.82, 2.24) is 20.0 Å². The number of likely N-dealkylation sites (tertiary alicyclic amines) is 1. The van der Waals surface area contributed by atoms with Crippen LogP contribution in [0.1, 0.15) is 12.8 Å². The van der Waals surface area contributed by atoms with Gasteiger partial charge < -0.3 is 10.2 Å². The van der Waals surface area contributed by atoms with Gasteiger partial charge in [0.15, 0.2) is 0 Å². The minimum absolute atomic E-state index is 0.0655. The van der Waals surface area contributed by atoms with E-state index >= 15 is 0 Å². The number of hydrogen-bond acceptors (Lipinski definition) is 5. The van der Waals surface area contributed by atoms with E-state index < -0.39 is 0 Å². The van der Waals surface area contributed by atoms with Crippen LogP contribution in [0.25, 0.3) is 0 Å². The first-order chi connectivity index (χ1) is 10.9. The first-order valence-corrected chi connectivity index (χ1v) is 8.57. The molecule has 0 atom stereocenters. The third kappa shape index (κ3) is 4.54. The molecule has 7 nitrogen and oxygen atoms in total. The molecule has 8 heteroatoms. The average molecular weight is 386 g/mol. The largest absolute Gasteiger partial charge is 0.372 e. The molecule has 2 rings (SSSR count). The second-order valence-corrected chi connectivity index (χ2v) is 6.84. The summed E-state index contributed by atoms with van der Waals surface area (Å²) in [4.78, 5) is 27.6. The summed E-state index contributed by atoms with van der Waals surface area (Å²) in [7, 11) is 5.29. The highest BCUT2D eigenvalue weighted by molar-refractivity contribution is 9.10. The van der Waals surface area contributed by atoms with Gasteiger partial charge in [0.05, 0.1) is 18.4 Å². The van der Waals surface area contributed by atoms with Crippen LogP contribution in [0, 0.1) is 5.92 Å². The van der Waals surface area contributed by atoms with E-state index in [-0.39, 0.29) is 11.5 Å². The molecule has 1 fully saturated rings. The highest BCUT2D eigenvalue weighted by atomic mass is 79.9. The summed E-state index contributed by atoms with van der Waals surface area (Å²) in [5, 5.41) is 6.75. The van der Waals surface area contributed by atoms with Crippen molar-refractivity contribution < 1.29 is 4.79 Å². The summed E-state index contributed by atoms with van der Waals surface area (Å²) in [6, 6.07) is 0. The van der Waals surface area contributed by atoms with E-state index in [2.05, 4.69) is 36.1 Å². The number of nitrogens with zero attached hydrogens (tertiary/aromatic N) is 4. The molecule has 0 aliphatic carbocycles. The van der Waals surface area contributed by atoms with Gasteiger partial charge in [0.1, 0.15) is 4.47 Å². The molecule has 1 amide bonds. The fraction of sp³-hybridized carbons (Fsp3) is 0.667. The zero-order valence-electron chi connectivity index (χ0n) is 13.9. The Bertz CT molecular complexity index is 610. The van der Waals surface area contributed by atoms with Crippen molar-refractivity contribution in [2.24, 2.45) is 13.0 Å². The van der Waals surface area contributed by atoms with Crippen LogP contribution in [0.5, 0.6) is 0 Å². The number of nitrogens with one attached hydrogen (secondary N) is 1. The van der Waals surface area contributed by atoms with E-state index in [1.807, 2.05) is 7.05 Å². The van der Waals surface area contributed by atoms with Crippen molar-refractivity contribution in [3.05, 3.63) is 21.0 Å². The van der Waals surface area contributed by atoms with E-state index in [1.165, 1.54) is 4.68 Å². The Morgan fingerprint density at radius 2 is 2.13 bits per heavy atom. The molecule has 0 unspecified atom stereocenters. The zero-order chi connectivity index (χ0) is 17.0. The minimum Gasteiger partial charge on any atom is -0.372 e. The SMILES string of the molecule is CNC(=O)CN1CCC(CN(C)c2cnn(C)c(=O)c2Br)CC1. The summed E-state index contributed by atoms with van der Waals surface area (Å²) in [6.45, 7) is 3.22. The lowest BCUT2D eigenvalue weighted by atomic mass is 9.96. The van der Waals surface area contributed by atoms with Gasteiger partial charge >= 0.3 is 0 Å². The smallest absolute Gasteiger partial charge is 0.282 e. The zero-order valence-corrected chi connectivity index (χ0v) is 15.5. The number of anilines is 1. The maximum atomic E-state index is 11.9. The monoisotopic (exact) mass is 385 g/mol. The lowest BCUT2D eigenvalue weighted by Gasteiger charge is -2.34. The normalized spacial score (nSPS) is 16.3. The highest BCUT2D eigenvalue weighted by Crippen LogP contribution is 2.24. The van der Waals surface area contributed by atoms with E-state index in [9.17, 15) is 9.59 Å². The number of amides is 1. The molecule has 0 spiro atoms. The van der Waals surface area contributed by atoms with E-state index in [0.717, 1.165) is 38.2 Å². The van der Waals surface area contributed by atoms with Crippen LogP contribution in [0.2, 0.25) is 0 Å². The molecule has 0 saturated carbocycles. The molecule has 0 aromatic carbocycles. The molecule has 1 aromatic heterocycles. The van der Waals surface area contributed by atoms with Crippen molar-refractivity contribution >= 4 is 27.5 Å². The summed E-state index contributed by atoms with van der Waals surface area (Å²) < 4.78 is 1.87. The van der Waals surface area contributed by atoms with Gasteiger partial charge in [-0.2, -0.15) is 5.10 Å². The molecule has 1 aliphatic rings. The predicted octanol–water partition coefficient (Wildman–Crippen LogP) is 0.437. The number of rotatable bonds is 5. The Morgan fingerprint density at radius 3 is 2.74 bits per heavy atom. The van der Waals surface area contributed by atoms with Crippen LogP contribution in [0.15, 0.2) is 15.5 Å². The summed E-state index contributed by atoms with van der Waals surface area (Å²) in [6.07, 6.45) is 3.82. The van der Waals surface area contributed by atoms with Crippen molar-refractivity contribution in [2.45, 2.75) is 12.8 Å². The topological polar surface area (TPSA) is 70.5 Å². The fourth-order valence-corrected chi connectivity index (χ4v) is 3.52. The molecule has 1 aliphatic heterocycles. The van der Waals surface area contributed by atoms with Gasteiger partial charge in [0.2, 0.25) is 5.91 Å². The highest BCUT2D eigenvalue weighted by Gasteiger charge is 2.22. The Balaban J connectivity index is 1.90. The average Bonchev–Trinajstić information content (AvgIpc) is 2.54. The molecule has 0 radical (unpaired) electrons. The summed E-state index contributed by atoms with van der Waals surface area (Å²) >= 11 is 3.37. The maximum absolute atomic E-state index is 11.9. The second kappa shape index (κ2) is 7.92. The first-order valence-electron chi connectivity index (χ1n) is 7.78. The number of likely N-dealkylation sites (N-methyl/N-ethyl adjacent to an activating group) is 1. The third-order valence-corrected chi connectivity index (χ3v) is 5.10. The van der Waals surface area contributed by atoms with E-state index in [1.54, 1.807) is 20.3 Å². The molecule has 1 aromatic rings. The number of hydrogen-bond donors (Lipinski definition) is 1. The van der Waals surface area contributed by atoms with Crippen molar-refractivity contribution in [3.8, 4) is 0 Å². The van der Waals surface area contributed by atoms with Crippen LogP contribution in [0.3, 0.4) is 0 Å². The number of aromatic nitrogens is 2. The standard InChI is InChI=1S/C15H24BrN5O2/c1-17-13(22)10-21-6-4-11(5-7-21)9-19(2)12-8-18-20(3)15(23)14(12)16/h8,11H,4-7,9-10H2,1-3H3,(H,17,22). The van der Waals surface area contributed by atoms with Gasteiger partial charge in [-0.15, -0.1) is 0 Å². The number of carbonyl (C=O) groups is 1. The second-order valence-electron chi connectivity index (χ2n) is 6.05. The quantitative estimate of drug-likeness (QED) is 0.795. The van der Waals surface area contributed by atoms with Crippen molar-refractivity contribution in [2.75, 3.05) is 45.2 Å². The molecule has 1 N–H and O–H groups in total. The lowest BCUT2D eigenvalue weighted by Crippen LogP contribution is -2.42. The van der Waals surface area contributed by atoms with Crippen molar-refractivity contribution in [1.29, 1.82) is 0 Å². The third-order valence-electron chi connectivity index (χ3n) is 4.36. The van der Waals surface area contributed by atoms with E-state index in [0.29, 0.717) is 16.9 Å². The minimum atomic E-state index is -0.130. The number of halogens is 1. The van der Waals surface area contributed by atoms with Gasteiger partial charge in [-0.3, -0.25) is 14.5 Å². The van der Waals surface area contributed by atoms with Crippen LogP contribution in [0.4, 0.5) is 5.69 Å². The fourth-order valence-electron chi connectivity index (χ4n) is 2.86. The molecule has 1 saturated heterocycles. The molecule has 23 heavy (non-hydrogen) atoms. The number of piperidine rings is 1. The van der Waals surface area contributed by atoms with Crippen molar-refractivity contribution in [3.63, 3.8) is 0 Å². The van der Waals surface area contributed by atoms with Gasteiger partial charge in [0.25, 0.3) is 5.56 Å². The maximum Gasteiger partial charge on any atom is 0.282 e. The lowest BCUT2D eigenvalue weighted by molar-refractivity contribution is -0.122. The Kier molecular flexibility index (Phi) is 6.17. The van der Waals surface area contributed by atoms with Gasteiger partial charge in [-0.1, -0.05) is 0 Å². The molecule has 2 heterocycles. The van der Waals surface area contributed by atoms with Gasteiger partial charge in [-0.25, -0.2) is 4.68 Å². The number of carbonyl (C=O) groups excluding carboxylic acids is 1. The molecular formula is C15H24BrN5O2. The predicted molar refractivity (Wildman–Crippen MR) is 93.7 cm³/mol. The Morgan fingerprint density at radius 1 is 1.48 bits per heavy atom. The van der Waals surface area contributed by atoms with Crippen LogP contribution < -0.4 is 15.8 Å². The molecular weight excluding hydrogens is 362 g/mol. The summed E-state index contributed by atoms with van der Waals surface area (Å²) in [5.41, 5.74) is 0.690. The summed E-state index contributed by atoms with van der Waals surface area (Å²) in [5.74, 6) is 0.618. The Hall–Kier alpha value is -1.41. The first kappa shape index (κ1) is 17.9. The van der Waals surface area contributed by atoms with Crippen LogP contribution in [-0.4, -0.2) is 60.9 Å². The van der Waals surface area contributed by atoms with Gasteiger partial charge in [-0.05, 0) is 47.8 Å². The van der Waals surface area contributed by atoms with Gasteiger partial charge in [0, 0.05) is 27.7 Å². The number of aryl methyl sites for hydroxylation is 1. The van der Waals surface area contributed by atoms with Crippen LogP contribution in [-0.2, 0) is 11.8 Å². The van der Waals surface area contributed by atoms with Crippen LogP contribution >= 0.6 is 15.9 Å².